The molecule has 1 fully saturated rings. The van der Waals surface area contributed by atoms with Crippen LogP contribution in [0, 0.1) is 0 Å². The first-order valence-electron chi connectivity index (χ1n) is 7.02. The first-order chi connectivity index (χ1) is 10.7. The molecular formula is C14H15BrN6O. The third-order valence-corrected chi connectivity index (χ3v) is 3.87. The highest BCUT2D eigenvalue weighted by Gasteiger charge is 2.23. The van der Waals surface area contributed by atoms with Crippen LogP contribution < -0.4 is 10.2 Å². The van der Waals surface area contributed by atoms with Gasteiger partial charge in [-0.1, -0.05) is 0 Å². The molecule has 0 radical (unpaired) electrons. The molecule has 1 aliphatic rings. The van der Waals surface area contributed by atoms with Crippen LogP contribution in [0.15, 0.2) is 35.5 Å². The third-order valence-electron chi connectivity index (χ3n) is 3.46. The molecule has 0 bridgehead atoms. The minimum Gasteiger partial charge on any atom is -0.346 e. The number of anilines is 1. The zero-order chi connectivity index (χ0) is 15.4. The van der Waals surface area contributed by atoms with Gasteiger partial charge in [0.15, 0.2) is 0 Å². The fraction of sp³-hybridized carbons (Fsp3) is 0.357. The molecule has 8 heteroatoms. The van der Waals surface area contributed by atoms with Gasteiger partial charge in [0.2, 0.25) is 5.95 Å². The summed E-state index contributed by atoms with van der Waals surface area (Å²) >= 11 is 3.33. The predicted octanol–water partition coefficient (Wildman–Crippen LogP) is 1.43. The summed E-state index contributed by atoms with van der Waals surface area (Å²) in [5.74, 6) is 0.509. The van der Waals surface area contributed by atoms with Crippen molar-refractivity contribution in [3.63, 3.8) is 0 Å². The van der Waals surface area contributed by atoms with E-state index in [4.69, 9.17) is 0 Å². The lowest BCUT2D eigenvalue weighted by Crippen LogP contribution is -2.48. The monoisotopic (exact) mass is 362 g/mol. The fourth-order valence-electron chi connectivity index (χ4n) is 2.43. The molecule has 1 aliphatic heterocycles. The molecule has 1 saturated heterocycles. The largest absolute Gasteiger partial charge is 0.346 e. The van der Waals surface area contributed by atoms with Crippen LogP contribution in [-0.4, -0.2) is 45.0 Å². The van der Waals surface area contributed by atoms with Gasteiger partial charge in [-0.3, -0.25) is 4.79 Å². The van der Waals surface area contributed by atoms with Crippen molar-refractivity contribution in [3.8, 4) is 0 Å². The van der Waals surface area contributed by atoms with Gasteiger partial charge in [0.05, 0.1) is 4.47 Å². The first-order valence-corrected chi connectivity index (χ1v) is 7.81. The van der Waals surface area contributed by atoms with Crippen molar-refractivity contribution in [1.29, 1.82) is 0 Å². The molecule has 0 aliphatic carbocycles. The molecular weight excluding hydrogens is 348 g/mol. The number of nitrogens with zero attached hydrogens (tertiary/aromatic N) is 5. The number of nitrogens with one attached hydrogen (secondary N) is 1. The zero-order valence-corrected chi connectivity index (χ0v) is 13.4. The number of carbonyl (C=O) groups is 1. The van der Waals surface area contributed by atoms with Gasteiger partial charge >= 0.3 is 0 Å². The Bertz CT molecular complexity index is 636. The van der Waals surface area contributed by atoms with E-state index in [1.54, 1.807) is 24.7 Å². The lowest BCUT2D eigenvalue weighted by atomic mass is 10.1. The van der Waals surface area contributed by atoms with Gasteiger partial charge in [0, 0.05) is 37.7 Å². The SMILES string of the molecule is O=C(NC1CCCN(c2ncc(Br)cn2)C1)c1ccncn1. The summed E-state index contributed by atoms with van der Waals surface area (Å²) in [4.78, 5) is 30.6. The summed E-state index contributed by atoms with van der Waals surface area (Å²) in [5.41, 5.74) is 0.381. The molecule has 1 N–H and O–H groups in total. The van der Waals surface area contributed by atoms with E-state index in [0.29, 0.717) is 18.2 Å². The summed E-state index contributed by atoms with van der Waals surface area (Å²) in [6.07, 6.45) is 8.30. The highest BCUT2D eigenvalue weighted by Crippen LogP contribution is 2.17. The minimum absolute atomic E-state index is 0.0588. The van der Waals surface area contributed by atoms with Crippen LogP contribution in [0.4, 0.5) is 5.95 Å². The summed E-state index contributed by atoms with van der Waals surface area (Å²) in [6.45, 7) is 1.58. The van der Waals surface area contributed by atoms with Crippen LogP contribution in [0.5, 0.6) is 0 Å². The van der Waals surface area contributed by atoms with Gasteiger partial charge in [-0.2, -0.15) is 0 Å². The van der Waals surface area contributed by atoms with E-state index in [2.05, 4.69) is 46.1 Å². The maximum absolute atomic E-state index is 12.1. The second-order valence-corrected chi connectivity index (χ2v) is 5.97. The van der Waals surface area contributed by atoms with E-state index in [-0.39, 0.29) is 11.9 Å². The highest BCUT2D eigenvalue weighted by molar-refractivity contribution is 9.10. The fourth-order valence-corrected chi connectivity index (χ4v) is 2.63. The Hall–Kier alpha value is -2.09. The lowest BCUT2D eigenvalue weighted by molar-refractivity contribution is 0.0928. The van der Waals surface area contributed by atoms with E-state index in [1.807, 2.05) is 0 Å². The second-order valence-electron chi connectivity index (χ2n) is 5.05. The van der Waals surface area contributed by atoms with Crippen molar-refractivity contribution >= 4 is 27.8 Å². The average Bonchev–Trinajstić information content (AvgIpc) is 2.56. The van der Waals surface area contributed by atoms with Gasteiger partial charge in [-0.15, -0.1) is 0 Å². The second kappa shape index (κ2) is 6.78. The van der Waals surface area contributed by atoms with Crippen molar-refractivity contribution in [2.24, 2.45) is 0 Å². The molecule has 3 rings (SSSR count). The quantitative estimate of drug-likeness (QED) is 0.888. The van der Waals surface area contributed by atoms with Crippen molar-refractivity contribution in [3.05, 3.63) is 41.2 Å². The number of amides is 1. The number of piperidine rings is 1. The normalized spacial score (nSPS) is 18.0. The van der Waals surface area contributed by atoms with E-state index in [0.717, 1.165) is 23.9 Å². The van der Waals surface area contributed by atoms with Crippen LogP contribution in [0.3, 0.4) is 0 Å². The molecule has 0 saturated carbocycles. The smallest absolute Gasteiger partial charge is 0.270 e. The molecule has 22 heavy (non-hydrogen) atoms. The van der Waals surface area contributed by atoms with Crippen molar-refractivity contribution in [1.82, 2.24) is 25.3 Å². The molecule has 2 aromatic rings. The molecule has 2 aromatic heterocycles. The Morgan fingerprint density at radius 2 is 2.14 bits per heavy atom. The number of aromatic nitrogens is 4. The molecule has 3 heterocycles. The molecule has 114 valence electrons. The molecule has 0 spiro atoms. The standard InChI is InChI=1S/C14H15BrN6O/c15-10-6-17-14(18-7-10)21-5-1-2-11(8-21)20-13(22)12-3-4-16-9-19-12/h3-4,6-7,9,11H,1-2,5,8H2,(H,20,22). The van der Waals surface area contributed by atoms with Gasteiger partial charge in [0.25, 0.3) is 5.91 Å². The maximum atomic E-state index is 12.1. The minimum atomic E-state index is -0.175. The summed E-state index contributed by atoms with van der Waals surface area (Å²) in [5, 5.41) is 3.01. The Morgan fingerprint density at radius 1 is 1.32 bits per heavy atom. The third kappa shape index (κ3) is 3.56. The topological polar surface area (TPSA) is 83.9 Å². The number of hydrogen-bond acceptors (Lipinski definition) is 6. The number of halogens is 1. The molecule has 1 amide bonds. The van der Waals surface area contributed by atoms with E-state index in [9.17, 15) is 4.79 Å². The maximum Gasteiger partial charge on any atom is 0.270 e. The number of carbonyl (C=O) groups excluding carboxylic acids is 1. The average molecular weight is 363 g/mol. The van der Waals surface area contributed by atoms with Crippen LogP contribution >= 0.6 is 15.9 Å². The van der Waals surface area contributed by atoms with E-state index in [1.165, 1.54) is 6.33 Å². The zero-order valence-electron chi connectivity index (χ0n) is 11.8. The molecule has 0 aromatic carbocycles. The molecule has 1 unspecified atom stereocenters. The Balaban J connectivity index is 1.63. The van der Waals surface area contributed by atoms with E-state index >= 15 is 0 Å². The van der Waals surface area contributed by atoms with Crippen molar-refractivity contribution in [2.75, 3.05) is 18.0 Å². The van der Waals surface area contributed by atoms with Crippen molar-refractivity contribution < 1.29 is 4.79 Å². The molecule has 1 atom stereocenters. The van der Waals surface area contributed by atoms with Crippen LogP contribution in [-0.2, 0) is 0 Å². The van der Waals surface area contributed by atoms with Gasteiger partial charge in [-0.05, 0) is 34.8 Å². The first kappa shape index (κ1) is 14.8. The summed E-state index contributed by atoms with van der Waals surface area (Å²) in [6, 6.07) is 1.66. The number of hydrogen-bond donors (Lipinski definition) is 1. The van der Waals surface area contributed by atoms with Gasteiger partial charge < -0.3 is 10.2 Å². The molecule has 7 nitrogen and oxygen atoms in total. The lowest BCUT2D eigenvalue weighted by Gasteiger charge is -2.33. The van der Waals surface area contributed by atoms with Gasteiger partial charge in [-0.25, -0.2) is 19.9 Å². The van der Waals surface area contributed by atoms with Crippen molar-refractivity contribution in [2.45, 2.75) is 18.9 Å². The van der Waals surface area contributed by atoms with Crippen LogP contribution in [0.1, 0.15) is 23.3 Å². The van der Waals surface area contributed by atoms with Gasteiger partial charge in [0.1, 0.15) is 12.0 Å². The predicted molar refractivity (Wildman–Crippen MR) is 84.5 cm³/mol. The number of rotatable bonds is 3. The Morgan fingerprint density at radius 3 is 2.86 bits per heavy atom. The Kier molecular flexibility index (Phi) is 4.57. The Labute approximate surface area is 136 Å². The summed E-state index contributed by atoms with van der Waals surface area (Å²) < 4.78 is 0.849. The van der Waals surface area contributed by atoms with E-state index < -0.39 is 0 Å². The highest BCUT2D eigenvalue weighted by atomic mass is 79.9. The van der Waals surface area contributed by atoms with Crippen LogP contribution in [0.25, 0.3) is 0 Å². The summed E-state index contributed by atoms with van der Waals surface area (Å²) in [7, 11) is 0. The van der Waals surface area contributed by atoms with Crippen LogP contribution in [0.2, 0.25) is 0 Å².